The van der Waals surface area contributed by atoms with Crippen molar-refractivity contribution in [2.75, 3.05) is 25.6 Å². The molecule has 3 aliphatic carbocycles. The van der Waals surface area contributed by atoms with Crippen LogP contribution in [0.3, 0.4) is 0 Å². The van der Waals surface area contributed by atoms with Gasteiger partial charge in [0.1, 0.15) is 6.61 Å². The number of benzene rings is 1. The quantitative estimate of drug-likeness (QED) is 0.333. The summed E-state index contributed by atoms with van der Waals surface area (Å²) < 4.78 is 19.1. The van der Waals surface area contributed by atoms with E-state index in [1.807, 2.05) is 18.2 Å². The van der Waals surface area contributed by atoms with Gasteiger partial charge in [-0.2, -0.15) is 0 Å². The highest BCUT2D eigenvalue weighted by molar-refractivity contribution is 7.10. The van der Waals surface area contributed by atoms with Gasteiger partial charge in [0.05, 0.1) is 30.3 Å². The number of thiophene rings is 1. The van der Waals surface area contributed by atoms with E-state index in [4.69, 9.17) is 19.9 Å². The van der Waals surface area contributed by atoms with Gasteiger partial charge in [-0.15, -0.1) is 11.3 Å². The van der Waals surface area contributed by atoms with Gasteiger partial charge in [-0.05, 0) is 78.6 Å². The highest BCUT2D eigenvalue weighted by Crippen LogP contribution is 2.70. The van der Waals surface area contributed by atoms with E-state index in [1.54, 1.807) is 11.3 Å². The van der Waals surface area contributed by atoms with Crippen molar-refractivity contribution >= 4 is 22.8 Å². The van der Waals surface area contributed by atoms with Crippen LogP contribution in [0.5, 0.6) is 0 Å². The summed E-state index contributed by atoms with van der Waals surface area (Å²) in [4.78, 5) is 14.7. The van der Waals surface area contributed by atoms with Gasteiger partial charge in [0.2, 0.25) is 0 Å². The zero-order valence-electron chi connectivity index (χ0n) is 24.3. The maximum Gasteiger partial charge on any atom is 0.194 e. The minimum Gasteiger partial charge on any atom is -0.399 e. The molecule has 4 N–H and O–H groups in total. The molecule has 0 bridgehead atoms. The Labute approximate surface area is 251 Å². The third-order valence-electron chi connectivity index (χ3n) is 11.3. The maximum absolute atomic E-state index is 13.8. The van der Waals surface area contributed by atoms with Crippen molar-refractivity contribution < 1.29 is 29.2 Å². The smallest absolute Gasteiger partial charge is 0.194 e. The monoisotopic (exact) mass is 591 g/mol. The molecule has 0 spiro atoms. The molecule has 4 fully saturated rings. The van der Waals surface area contributed by atoms with E-state index >= 15 is 0 Å². The van der Waals surface area contributed by atoms with Crippen molar-refractivity contribution in [3.8, 4) is 0 Å². The van der Waals surface area contributed by atoms with E-state index < -0.39 is 36.1 Å². The number of carbonyl (C=O) groups is 1. The zero-order chi connectivity index (χ0) is 29.3. The Hall–Kier alpha value is -2.33. The molecule has 0 unspecified atom stereocenters. The third kappa shape index (κ3) is 4.14. The van der Waals surface area contributed by atoms with E-state index in [0.29, 0.717) is 26.1 Å². The average Bonchev–Trinajstić information content (AvgIpc) is 3.62. The second-order valence-corrected chi connectivity index (χ2v) is 14.3. The topological polar surface area (TPSA) is 111 Å². The summed E-state index contributed by atoms with van der Waals surface area (Å²) in [6, 6.07) is 9.96. The van der Waals surface area contributed by atoms with Crippen molar-refractivity contribution in [2.45, 2.75) is 70.1 Å². The molecule has 0 amide bonds. The van der Waals surface area contributed by atoms with Gasteiger partial charge < -0.3 is 30.2 Å². The number of carbonyl (C=O) groups excluding carboxylic acids is 1. The molecule has 1 aromatic carbocycles. The second-order valence-electron chi connectivity index (χ2n) is 13.4. The second kappa shape index (κ2) is 10.4. The molecule has 3 saturated carbocycles. The predicted molar refractivity (Wildman–Crippen MR) is 161 cm³/mol. The van der Waals surface area contributed by atoms with Crippen LogP contribution in [0.4, 0.5) is 5.69 Å². The molecule has 224 valence electrons. The Morgan fingerprint density at radius 1 is 1.19 bits per heavy atom. The average molecular weight is 592 g/mol. The number of allylic oxidation sites excluding steroid dienone is 2. The summed E-state index contributed by atoms with van der Waals surface area (Å²) >= 11 is 1.56. The number of nitrogens with two attached hydrogens (primary N) is 1. The third-order valence-corrected chi connectivity index (χ3v) is 12.3. The van der Waals surface area contributed by atoms with Crippen LogP contribution < -0.4 is 5.73 Å². The molecule has 42 heavy (non-hydrogen) atoms. The van der Waals surface area contributed by atoms with Crippen LogP contribution in [0.1, 0.15) is 61.8 Å². The van der Waals surface area contributed by atoms with Gasteiger partial charge in [-0.3, -0.25) is 4.79 Å². The molecular formula is C34H41NO6S. The maximum atomic E-state index is 13.8. The minimum absolute atomic E-state index is 0.0349. The van der Waals surface area contributed by atoms with Crippen LogP contribution in [0.2, 0.25) is 0 Å². The highest BCUT2D eigenvalue weighted by Gasteiger charge is 2.75. The Bertz CT molecular complexity index is 1430. The Morgan fingerprint density at radius 3 is 2.86 bits per heavy atom. The Balaban J connectivity index is 1.19. The normalized spacial score (nSPS) is 42.7. The molecule has 1 saturated heterocycles. The molecule has 9 atom stereocenters. The fraction of sp³-hybridized carbons (Fsp3) is 0.559. The highest BCUT2D eigenvalue weighted by atomic mass is 32.1. The van der Waals surface area contributed by atoms with Gasteiger partial charge in [-0.25, -0.2) is 0 Å². The lowest BCUT2D eigenvalue weighted by Gasteiger charge is -2.59. The molecule has 2 aliphatic heterocycles. The summed E-state index contributed by atoms with van der Waals surface area (Å²) in [7, 11) is 0. The van der Waals surface area contributed by atoms with Gasteiger partial charge in [-0.1, -0.05) is 49.8 Å². The molecule has 2 aromatic rings. The number of hydrogen-bond donors (Lipinski definition) is 3. The van der Waals surface area contributed by atoms with Crippen molar-refractivity contribution in [2.24, 2.45) is 28.6 Å². The predicted octanol–water partition coefficient (Wildman–Crippen LogP) is 4.97. The van der Waals surface area contributed by atoms with Crippen LogP contribution in [-0.4, -0.2) is 53.6 Å². The number of nitrogen functional groups attached to an aromatic ring is 1. The van der Waals surface area contributed by atoms with E-state index in [1.165, 1.54) is 5.57 Å². The summed E-state index contributed by atoms with van der Waals surface area (Å²) in [5, 5.41) is 24.3. The van der Waals surface area contributed by atoms with Crippen LogP contribution in [0.25, 0.3) is 0 Å². The van der Waals surface area contributed by atoms with Gasteiger partial charge in [0.25, 0.3) is 0 Å². The molecule has 1 aromatic heterocycles. The van der Waals surface area contributed by atoms with E-state index in [9.17, 15) is 15.0 Å². The zero-order valence-corrected chi connectivity index (χ0v) is 25.1. The molecule has 7 rings (SSSR count). The number of fused-ring (bicyclic) bond motifs is 7. The fourth-order valence-electron chi connectivity index (χ4n) is 9.57. The van der Waals surface area contributed by atoms with Crippen molar-refractivity contribution in [1.82, 2.24) is 0 Å². The first-order valence-electron chi connectivity index (χ1n) is 15.2. The Morgan fingerprint density at radius 2 is 2.05 bits per heavy atom. The first kappa shape index (κ1) is 28.4. The van der Waals surface area contributed by atoms with E-state index in [2.05, 4.69) is 49.6 Å². The summed E-state index contributed by atoms with van der Waals surface area (Å²) in [6.45, 7) is 4.90. The van der Waals surface area contributed by atoms with Crippen LogP contribution in [0, 0.1) is 28.6 Å². The lowest BCUT2D eigenvalue weighted by Crippen LogP contribution is -2.63. The number of hydrogen-bond acceptors (Lipinski definition) is 8. The fourth-order valence-corrected chi connectivity index (χ4v) is 10.4. The molecule has 7 nitrogen and oxygen atoms in total. The van der Waals surface area contributed by atoms with Crippen molar-refractivity contribution in [1.29, 1.82) is 0 Å². The number of aliphatic hydroxyl groups is 2. The SMILES string of the molecule is C[C@]12/C=C\COC/C=C\1CC[C@@H]1[C@@H]2[C@@H](O)C[C@@]2(C)[C@H]1C[C@H]1O[C@@H](c3cc(Cc4cccc(N)c4)cs3)O[C@]12C(=O)CO. The number of ketones is 1. The molecule has 3 heterocycles. The van der Waals surface area contributed by atoms with Crippen molar-refractivity contribution in [3.05, 3.63) is 75.5 Å². The minimum atomic E-state index is -1.30. The number of aliphatic hydroxyl groups excluding tert-OH is 2. The largest absolute Gasteiger partial charge is 0.399 e. The standard InChI is InChI=1S/C34H41NO6S/c1-32-10-4-11-39-12-9-22(32)7-8-24-25-16-29-34(28(38)18-36,33(25,2)17-26(37)30(24)32)41-31(40-29)27-15-21(19-42-27)13-20-5-3-6-23(35)14-20/h3-6,9-10,14-15,19,24-26,29-31,36-37H,7-8,11-13,16-18,35H2,1-2H3/b10-4-,22-9-/t24-,25-,26-,29+,30+,31+,32-,33-,34+/m0/s1. The molecular weight excluding hydrogens is 550 g/mol. The number of Topliss-reactive ketones (excluding diaryl/α,β-unsaturated/α-hetero) is 1. The molecule has 0 radical (unpaired) electrons. The first-order valence-corrected chi connectivity index (χ1v) is 16.1. The van der Waals surface area contributed by atoms with Crippen LogP contribution in [-0.2, 0) is 25.4 Å². The number of ether oxygens (including phenoxy) is 3. The number of rotatable bonds is 5. The van der Waals surface area contributed by atoms with E-state index in [-0.39, 0.29) is 29.0 Å². The first-order chi connectivity index (χ1) is 20.2. The van der Waals surface area contributed by atoms with E-state index in [0.717, 1.165) is 41.0 Å². The Kier molecular flexibility index (Phi) is 7.04. The van der Waals surface area contributed by atoms with Gasteiger partial charge in [0, 0.05) is 22.4 Å². The van der Waals surface area contributed by atoms with Crippen molar-refractivity contribution in [3.63, 3.8) is 0 Å². The summed E-state index contributed by atoms with van der Waals surface area (Å²) in [6.07, 6.45) is 8.47. The molecule has 5 aliphatic rings. The number of anilines is 1. The molecule has 8 heteroatoms. The van der Waals surface area contributed by atoms with Crippen LogP contribution in [0.15, 0.2) is 59.5 Å². The van der Waals surface area contributed by atoms with Crippen LogP contribution >= 0.6 is 11.3 Å². The lowest BCUT2D eigenvalue weighted by atomic mass is 9.46. The van der Waals surface area contributed by atoms with Gasteiger partial charge in [0.15, 0.2) is 17.7 Å². The summed E-state index contributed by atoms with van der Waals surface area (Å²) in [5.41, 5.74) is 8.07. The summed E-state index contributed by atoms with van der Waals surface area (Å²) in [5.74, 6) is 0.0286. The lowest BCUT2D eigenvalue weighted by molar-refractivity contribution is -0.200. The van der Waals surface area contributed by atoms with Gasteiger partial charge >= 0.3 is 0 Å².